The number of aliphatic hydroxyl groups excluding tert-OH is 1. The summed E-state index contributed by atoms with van der Waals surface area (Å²) in [6.45, 7) is 2.39. The van der Waals surface area contributed by atoms with Crippen LogP contribution in [0.1, 0.15) is 5.56 Å². The van der Waals surface area contributed by atoms with Crippen LogP contribution < -0.4 is 10.6 Å². The number of hydrogen-bond acceptors (Lipinski definition) is 7. The molecule has 3 N–H and O–H groups in total. The average Bonchev–Trinajstić information content (AvgIpc) is 2.41. The normalized spacial score (nSPS) is 10.1. The summed E-state index contributed by atoms with van der Waals surface area (Å²) in [6, 6.07) is 7.83. The second-order valence-electron chi connectivity index (χ2n) is 3.69. The van der Waals surface area contributed by atoms with E-state index in [1.165, 1.54) is 5.56 Å². The van der Waals surface area contributed by atoms with Crippen molar-refractivity contribution >= 4 is 17.6 Å². The Hall–Kier alpha value is -2.28. The molecule has 2 aromatic rings. The van der Waals surface area contributed by atoms with E-state index >= 15 is 0 Å². The molecule has 18 heavy (non-hydrogen) atoms. The van der Waals surface area contributed by atoms with Gasteiger partial charge in [-0.15, -0.1) is 20.4 Å². The molecular weight excluding hydrogens is 232 g/mol. The quantitative estimate of drug-likeness (QED) is 0.715. The number of benzene rings is 1. The fourth-order valence-corrected chi connectivity index (χ4v) is 1.28. The topological polar surface area (TPSA) is 95.9 Å². The molecule has 0 fully saturated rings. The van der Waals surface area contributed by atoms with Crippen LogP contribution in [0.5, 0.6) is 0 Å². The van der Waals surface area contributed by atoms with Crippen LogP contribution in [0.15, 0.2) is 24.3 Å². The number of hydrogen-bond donors (Lipinski definition) is 3. The SMILES string of the molecule is Cc1ccc(Nc2nnc(NCCO)nn2)cc1. The Labute approximate surface area is 104 Å². The standard InChI is InChI=1S/C11H14N6O/c1-8-2-4-9(5-3-8)13-11-16-14-10(15-17-11)12-6-7-18/h2-5,18H,6-7H2,1H3,(H,12,14,15)(H,13,16,17). The van der Waals surface area contributed by atoms with Gasteiger partial charge in [0.15, 0.2) is 0 Å². The molecule has 0 aliphatic carbocycles. The molecule has 0 unspecified atom stereocenters. The molecule has 7 heteroatoms. The zero-order valence-electron chi connectivity index (χ0n) is 9.96. The first-order chi connectivity index (χ1) is 8.78. The number of aliphatic hydroxyl groups is 1. The highest BCUT2D eigenvalue weighted by Crippen LogP contribution is 2.12. The predicted molar refractivity (Wildman–Crippen MR) is 67.7 cm³/mol. The van der Waals surface area contributed by atoms with Crippen molar-refractivity contribution in [3.63, 3.8) is 0 Å². The van der Waals surface area contributed by atoms with Gasteiger partial charge in [-0.3, -0.25) is 0 Å². The minimum absolute atomic E-state index is 0.00667. The Morgan fingerprint density at radius 2 is 1.61 bits per heavy atom. The van der Waals surface area contributed by atoms with E-state index in [1.54, 1.807) is 0 Å². The van der Waals surface area contributed by atoms with Crippen LogP contribution in [0.2, 0.25) is 0 Å². The second kappa shape index (κ2) is 5.87. The van der Waals surface area contributed by atoms with Crippen LogP contribution in [0.25, 0.3) is 0 Å². The van der Waals surface area contributed by atoms with E-state index in [1.807, 2.05) is 31.2 Å². The maximum absolute atomic E-state index is 8.63. The van der Waals surface area contributed by atoms with Crippen molar-refractivity contribution < 1.29 is 5.11 Å². The van der Waals surface area contributed by atoms with E-state index in [2.05, 4.69) is 31.0 Å². The third-order valence-electron chi connectivity index (χ3n) is 2.18. The van der Waals surface area contributed by atoms with Crippen LogP contribution in [-0.4, -0.2) is 38.7 Å². The van der Waals surface area contributed by atoms with Crippen molar-refractivity contribution in [2.75, 3.05) is 23.8 Å². The highest BCUT2D eigenvalue weighted by molar-refractivity contribution is 5.52. The molecule has 1 aromatic carbocycles. The largest absolute Gasteiger partial charge is 0.395 e. The number of nitrogens with zero attached hydrogens (tertiary/aromatic N) is 4. The number of aryl methyl sites for hydroxylation is 1. The monoisotopic (exact) mass is 246 g/mol. The Balaban J connectivity index is 1.99. The van der Waals surface area contributed by atoms with Crippen LogP contribution in [0.3, 0.4) is 0 Å². The lowest BCUT2D eigenvalue weighted by molar-refractivity contribution is 0.310. The number of aromatic nitrogens is 4. The van der Waals surface area contributed by atoms with Crippen LogP contribution in [0.4, 0.5) is 17.6 Å². The van der Waals surface area contributed by atoms with E-state index < -0.39 is 0 Å². The molecule has 2 rings (SSSR count). The number of nitrogens with one attached hydrogen (secondary N) is 2. The van der Waals surface area contributed by atoms with Gasteiger partial charge in [-0.1, -0.05) is 17.7 Å². The van der Waals surface area contributed by atoms with Crippen molar-refractivity contribution in [1.82, 2.24) is 20.4 Å². The Kier molecular flexibility index (Phi) is 3.98. The van der Waals surface area contributed by atoms with Gasteiger partial charge in [0, 0.05) is 12.2 Å². The molecule has 0 aliphatic rings. The molecule has 0 spiro atoms. The van der Waals surface area contributed by atoms with Crippen molar-refractivity contribution in [2.24, 2.45) is 0 Å². The van der Waals surface area contributed by atoms with E-state index in [0.29, 0.717) is 18.4 Å². The van der Waals surface area contributed by atoms with Gasteiger partial charge < -0.3 is 15.7 Å². The van der Waals surface area contributed by atoms with Crippen molar-refractivity contribution in [3.8, 4) is 0 Å². The smallest absolute Gasteiger partial charge is 0.266 e. The second-order valence-corrected chi connectivity index (χ2v) is 3.69. The fourth-order valence-electron chi connectivity index (χ4n) is 1.28. The molecule has 0 radical (unpaired) electrons. The first-order valence-corrected chi connectivity index (χ1v) is 5.54. The van der Waals surface area contributed by atoms with Gasteiger partial charge in [-0.25, -0.2) is 0 Å². The summed E-state index contributed by atoms with van der Waals surface area (Å²) in [5.74, 6) is 0.618. The summed E-state index contributed by atoms with van der Waals surface area (Å²) < 4.78 is 0. The summed E-state index contributed by atoms with van der Waals surface area (Å²) in [6.07, 6.45) is 0. The third kappa shape index (κ3) is 3.36. The minimum atomic E-state index is 0.00667. The van der Waals surface area contributed by atoms with Gasteiger partial charge in [0.25, 0.3) is 11.9 Å². The van der Waals surface area contributed by atoms with Gasteiger partial charge in [-0.2, -0.15) is 0 Å². The molecule has 1 aromatic heterocycles. The molecule has 0 bridgehead atoms. The van der Waals surface area contributed by atoms with Crippen molar-refractivity contribution in [1.29, 1.82) is 0 Å². The summed E-state index contributed by atoms with van der Waals surface area (Å²) >= 11 is 0. The Bertz CT molecular complexity index is 484. The molecule has 0 aliphatic heterocycles. The third-order valence-corrected chi connectivity index (χ3v) is 2.18. The highest BCUT2D eigenvalue weighted by atomic mass is 16.3. The molecule has 1 heterocycles. The zero-order chi connectivity index (χ0) is 12.8. The molecule has 0 amide bonds. The molecule has 7 nitrogen and oxygen atoms in total. The van der Waals surface area contributed by atoms with Crippen molar-refractivity contribution in [3.05, 3.63) is 29.8 Å². The predicted octanol–water partition coefficient (Wildman–Crippen LogP) is 0.723. The van der Waals surface area contributed by atoms with Gasteiger partial charge in [0.05, 0.1) is 6.61 Å². The van der Waals surface area contributed by atoms with Crippen LogP contribution in [0, 0.1) is 6.92 Å². The first-order valence-electron chi connectivity index (χ1n) is 5.54. The van der Waals surface area contributed by atoms with E-state index in [0.717, 1.165) is 5.69 Å². The summed E-state index contributed by atoms with van der Waals surface area (Å²) in [4.78, 5) is 0. The lowest BCUT2D eigenvalue weighted by Gasteiger charge is -2.04. The van der Waals surface area contributed by atoms with E-state index in [-0.39, 0.29) is 6.61 Å². The lowest BCUT2D eigenvalue weighted by atomic mass is 10.2. The average molecular weight is 246 g/mol. The minimum Gasteiger partial charge on any atom is -0.395 e. The highest BCUT2D eigenvalue weighted by Gasteiger charge is 2.01. The summed E-state index contributed by atoms with van der Waals surface area (Å²) in [5.41, 5.74) is 2.06. The maximum Gasteiger partial charge on any atom is 0.266 e. The molecular formula is C11H14N6O. The fraction of sp³-hybridized carbons (Fsp3) is 0.273. The Morgan fingerprint density at radius 1 is 1.00 bits per heavy atom. The molecule has 94 valence electrons. The molecule has 0 saturated carbocycles. The lowest BCUT2D eigenvalue weighted by Crippen LogP contribution is -2.11. The van der Waals surface area contributed by atoms with Gasteiger partial charge >= 0.3 is 0 Å². The summed E-state index contributed by atoms with van der Waals surface area (Å²) in [7, 11) is 0. The van der Waals surface area contributed by atoms with E-state index in [9.17, 15) is 0 Å². The van der Waals surface area contributed by atoms with Gasteiger partial charge in [0.1, 0.15) is 0 Å². The molecule has 0 atom stereocenters. The maximum atomic E-state index is 8.63. The summed E-state index contributed by atoms with van der Waals surface area (Å²) in [5, 5.41) is 29.8. The zero-order valence-corrected chi connectivity index (χ0v) is 9.96. The molecule has 0 saturated heterocycles. The van der Waals surface area contributed by atoms with Crippen LogP contribution in [-0.2, 0) is 0 Å². The number of anilines is 3. The Morgan fingerprint density at radius 3 is 2.22 bits per heavy atom. The number of rotatable bonds is 5. The van der Waals surface area contributed by atoms with E-state index in [4.69, 9.17) is 5.11 Å². The van der Waals surface area contributed by atoms with Crippen LogP contribution >= 0.6 is 0 Å². The van der Waals surface area contributed by atoms with Crippen molar-refractivity contribution in [2.45, 2.75) is 6.92 Å². The first kappa shape index (κ1) is 12.2. The van der Waals surface area contributed by atoms with Gasteiger partial charge in [0.2, 0.25) is 0 Å². The van der Waals surface area contributed by atoms with Gasteiger partial charge in [-0.05, 0) is 19.1 Å².